The molecule has 1 heteroatoms. The van der Waals surface area contributed by atoms with Crippen LogP contribution in [0.25, 0.3) is 0 Å². The van der Waals surface area contributed by atoms with Crippen LogP contribution in [0.5, 0.6) is 0 Å². The molecule has 2 N–H and O–H groups in total. The van der Waals surface area contributed by atoms with Gasteiger partial charge in [-0.05, 0) is 37.5 Å². The van der Waals surface area contributed by atoms with Gasteiger partial charge in [-0.25, -0.2) is 0 Å². The van der Waals surface area contributed by atoms with Crippen molar-refractivity contribution in [2.24, 2.45) is 17.6 Å². The number of nitrogens with two attached hydrogens (primary N) is 1. The van der Waals surface area contributed by atoms with Gasteiger partial charge in [-0.3, -0.25) is 0 Å². The quantitative estimate of drug-likeness (QED) is 0.507. The van der Waals surface area contributed by atoms with Gasteiger partial charge in [-0.15, -0.1) is 0 Å². The zero-order valence-electron chi connectivity index (χ0n) is 13.5. The molecule has 0 spiro atoms. The summed E-state index contributed by atoms with van der Waals surface area (Å²) in [6.07, 6.45) is 18.2. The standard InChI is InChI=1S/C18H37N/c1-3-5-6-7-8-9-10-12-17-15-16(11-4-2)13-14-18(17)19/h16-18H,3-15,19H2,1-2H3. The summed E-state index contributed by atoms with van der Waals surface area (Å²) >= 11 is 0. The Balaban J connectivity index is 2.06. The van der Waals surface area contributed by atoms with Crippen molar-refractivity contribution in [1.29, 1.82) is 0 Å². The first-order chi connectivity index (χ1) is 9.27. The van der Waals surface area contributed by atoms with Crippen LogP contribution < -0.4 is 5.73 Å². The molecule has 1 nitrogen and oxygen atoms in total. The van der Waals surface area contributed by atoms with Crippen molar-refractivity contribution in [3.63, 3.8) is 0 Å². The van der Waals surface area contributed by atoms with Gasteiger partial charge >= 0.3 is 0 Å². The highest BCUT2D eigenvalue weighted by Crippen LogP contribution is 2.34. The number of hydrogen-bond acceptors (Lipinski definition) is 1. The van der Waals surface area contributed by atoms with Gasteiger partial charge in [-0.2, -0.15) is 0 Å². The number of unbranched alkanes of at least 4 members (excludes halogenated alkanes) is 6. The van der Waals surface area contributed by atoms with Gasteiger partial charge in [0.1, 0.15) is 0 Å². The third kappa shape index (κ3) is 7.34. The van der Waals surface area contributed by atoms with Gasteiger partial charge in [0.15, 0.2) is 0 Å². The molecule has 0 amide bonds. The summed E-state index contributed by atoms with van der Waals surface area (Å²) in [4.78, 5) is 0. The van der Waals surface area contributed by atoms with Gasteiger partial charge in [0.05, 0.1) is 0 Å². The summed E-state index contributed by atoms with van der Waals surface area (Å²) in [5.41, 5.74) is 6.32. The Morgan fingerprint density at radius 3 is 2.16 bits per heavy atom. The molecule has 0 radical (unpaired) electrons. The fourth-order valence-electron chi connectivity index (χ4n) is 3.75. The minimum absolute atomic E-state index is 0.508. The summed E-state index contributed by atoms with van der Waals surface area (Å²) in [5.74, 6) is 1.82. The Morgan fingerprint density at radius 1 is 0.789 bits per heavy atom. The van der Waals surface area contributed by atoms with E-state index in [2.05, 4.69) is 13.8 Å². The van der Waals surface area contributed by atoms with Crippen LogP contribution in [0, 0.1) is 11.8 Å². The Kier molecular flexibility index (Phi) is 9.59. The van der Waals surface area contributed by atoms with Crippen LogP contribution in [0.15, 0.2) is 0 Å². The van der Waals surface area contributed by atoms with Crippen LogP contribution in [0.2, 0.25) is 0 Å². The first-order valence-corrected chi connectivity index (χ1v) is 9.03. The molecule has 0 aliphatic heterocycles. The molecular formula is C18H37N. The average molecular weight is 268 g/mol. The Morgan fingerprint density at radius 2 is 1.47 bits per heavy atom. The normalized spacial score (nSPS) is 27.6. The molecule has 3 atom stereocenters. The van der Waals surface area contributed by atoms with E-state index in [9.17, 15) is 0 Å². The van der Waals surface area contributed by atoms with E-state index >= 15 is 0 Å². The molecular weight excluding hydrogens is 230 g/mol. The average Bonchev–Trinajstić information content (AvgIpc) is 2.41. The van der Waals surface area contributed by atoms with Crippen LogP contribution >= 0.6 is 0 Å². The minimum Gasteiger partial charge on any atom is -0.327 e. The van der Waals surface area contributed by atoms with E-state index in [4.69, 9.17) is 5.73 Å². The molecule has 0 aromatic carbocycles. The van der Waals surface area contributed by atoms with Crippen LogP contribution in [0.3, 0.4) is 0 Å². The van der Waals surface area contributed by atoms with E-state index in [1.165, 1.54) is 83.5 Å². The van der Waals surface area contributed by atoms with E-state index in [0.717, 1.165) is 11.8 Å². The van der Waals surface area contributed by atoms with Gasteiger partial charge in [0.2, 0.25) is 0 Å². The lowest BCUT2D eigenvalue weighted by Crippen LogP contribution is -2.36. The predicted molar refractivity (Wildman–Crippen MR) is 86.3 cm³/mol. The molecule has 0 saturated heterocycles. The molecule has 19 heavy (non-hydrogen) atoms. The van der Waals surface area contributed by atoms with Crippen molar-refractivity contribution in [2.45, 2.75) is 103 Å². The third-order valence-corrected chi connectivity index (χ3v) is 5.03. The summed E-state index contributed by atoms with van der Waals surface area (Å²) < 4.78 is 0. The second kappa shape index (κ2) is 10.7. The molecule has 1 saturated carbocycles. The zero-order valence-corrected chi connectivity index (χ0v) is 13.5. The van der Waals surface area contributed by atoms with Crippen molar-refractivity contribution in [1.82, 2.24) is 0 Å². The molecule has 0 aromatic rings. The summed E-state index contributed by atoms with van der Waals surface area (Å²) in [6, 6.07) is 0.508. The van der Waals surface area contributed by atoms with Crippen LogP contribution in [-0.2, 0) is 0 Å². The highest BCUT2D eigenvalue weighted by atomic mass is 14.7. The first kappa shape index (κ1) is 17.0. The molecule has 0 bridgehead atoms. The molecule has 1 aliphatic carbocycles. The van der Waals surface area contributed by atoms with E-state index in [0.29, 0.717) is 6.04 Å². The van der Waals surface area contributed by atoms with Crippen molar-refractivity contribution in [3.05, 3.63) is 0 Å². The Labute approximate surface area is 121 Å². The fraction of sp³-hybridized carbons (Fsp3) is 1.00. The summed E-state index contributed by atoms with van der Waals surface area (Å²) in [6.45, 7) is 4.61. The minimum atomic E-state index is 0.508. The van der Waals surface area contributed by atoms with E-state index < -0.39 is 0 Å². The maximum Gasteiger partial charge on any atom is 0.00673 e. The number of hydrogen-bond donors (Lipinski definition) is 1. The second-order valence-corrected chi connectivity index (χ2v) is 6.80. The van der Waals surface area contributed by atoms with Crippen LogP contribution in [-0.4, -0.2) is 6.04 Å². The van der Waals surface area contributed by atoms with Crippen molar-refractivity contribution >= 4 is 0 Å². The Bertz CT molecular complexity index is 202. The van der Waals surface area contributed by atoms with Gasteiger partial charge in [-0.1, -0.05) is 71.6 Å². The Hall–Kier alpha value is -0.0400. The molecule has 1 rings (SSSR count). The lowest BCUT2D eigenvalue weighted by atomic mass is 9.74. The molecule has 1 aliphatic rings. The summed E-state index contributed by atoms with van der Waals surface area (Å²) in [7, 11) is 0. The third-order valence-electron chi connectivity index (χ3n) is 5.03. The molecule has 1 fully saturated rings. The first-order valence-electron chi connectivity index (χ1n) is 9.03. The number of rotatable bonds is 10. The zero-order chi connectivity index (χ0) is 13.9. The molecule has 114 valence electrons. The van der Waals surface area contributed by atoms with E-state index in [1.807, 2.05) is 0 Å². The lowest BCUT2D eigenvalue weighted by molar-refractivity contribution is 0.208. The van der Waals surface area contributed by atoms with Gasteiger partial charge < -0.3 is 5.73 Å². The van der Waals surface area contributed by atoms with Gasteiger partial charge in [0, 0.05) is 6.04 Å². The van der Waals surface area contributed by atoms with Crippen molar-refractivity contribution in [3.8, 4) is 0 Å². The lowest BCUT2D eigenvalue weighted by Gasteiger charge is -2.34. The highest BCUT2D eigenvalue weighted by Gasteiger charge is 2.26. The molecule has 3 unspecified atom stereocenters. The molecule has 0 heterocycles. The predicted octanol–water partition coefficient (Wildman–Crippen LogP) is 5.67. The summed E-state index contributed by atoms with van der Waals surface area (Å²) in [5, 5.41) is 0. The van der Waals surface area contributed by atoms with E-state index in [-0.39, 0.29) is 0 Å². The van der Waals surface area contributed by atoms with Crippen molar-refractivity contribution < 1.29 is 0 Å². The van der Waals surface area contributed by atoms with Crippen LogP contribution in [0.4, 0.5) is 0 Å². The largest absolute Gasteiger partial charge is 0.327 e. The highest BCUT2D eigenvalue weighted by molar-refractivity contribution is 4.82. The second-order valence-electron chi connectivity index (χ2n) is 6.80. The van der Waals surface area contributed by atoms with Crippen molar-refractivity contribution in [2.75, 3.05) is 0 Å². The smallest absolute Gasteiger partial charge is 0.00673 e. The fourth-order valence-corrected chi connectivity index (χ4v) is 3.75. The van der Waals surface area contributed by atoms with E-state index in [1.54, 1.807) is 0 Å². The monoisotopic (exact) mass is 267 g/mol. The van der Waals surface area contributed by atoms with Crippen LogP contribution in [0.1, 0.15) is 97.3 Å². The topological polar surface area (TPSA) is 26.0 Å². The maximum absolute atomic E-state index is 6.32. The maximum atomic E-state index is 6.32. The molecule has 0 aromatic heterocycles. The SMILES string of the molecule is CCCCCCCCCC1CC(CCC)CCC1N. The van der Waals surface area contributed by atoms with Gasteiger partial charge in [0.25, 0.3) is 0 Å².